The highest BCUT2D eigenvalue weighted by atomic mass is 32.2. The number of aromatic nitrogens is 1. The van der Waals surface area contributed by atoms with Gasteiger partial charge < -0.3 is 10.6 Å². The number of benzene rings is 1. The molecule has 142 valence electrons. The van der Waals surface area contributed by atoms with Crippen molar-refractivity contribution in [3.63, 3.8) is 0 Å². The van der Waals surface area contributed by atoms with E-state index in [4.69, 9.17) is 0 Å². The van der Waals surface area contributed by atoms with Gasteiger partial charge >= 0.3 is 0 Å². The molecule has 6 nitrogen and oxygen atoms in total. The Morgan fingerprint density at radius 2 is 2.08 bits per heavy atom. The summed E-state index contributed by atoms with van der Waals surface area (Å²) in [4.78, 5) is 9.14. The molecule has 0 radical (unpaired) electrons. The highest BCUT2D eigenvalue weighted by Crippen LogP contribution is 2.16. The number of thiazole rings is 1. The molecule has 0 aliphatic rings. The van der Waals surface area contributed by atoms with Gasteiger partial charge in [-0.2, -0.15) is 0 Å². The van der Waals surface area contributed by atoms with Crippen molar-refractivity contribution in [2.45, 2.75) is 38.1 Å². The third-order valence-corrected chi connectivity index (χ3v) is 6.20. The largest absolute Gasteiger partial charge is 0.356 e. The molecule has 0 bridgehead atoms. The highest BCUT2D eigenvalue weighted by Gasteiger charge is 2.11. The standard InChI is InChI=1S/C18H26N4O2S2/c1-5-17-22-15(12-25-17)8-9-20-18(19-3)21-11-14-6-7-16(13(2)10-14)26(4,23)24/h6-7,10,12H,5,8-9,11H2,1-4H3,(H2,19,20,21). The SMILES string of the molecule is CCc1nc(CCNC(=NC)NCc2ccc(S(C)(=O)=O)c(C)c2)cs1. The van der Waals surface area contributed by atoms with Gasteiger partial charge in [-0.3, -0.25) is 4.99 Å². The van der Waals surface area contributed by atoms with Gasteiger partial charge in [0.15, 0.2) is 15.8 Å². The smallest absolute Gasteiger partial charge is 0.191 e. The van der Waals surface area contributed by atoms with Crippen LogP contribution in [-0.2, 0) is 29.2 Å². The molecule has 0 amide bonds. The lowest BCUT2D eigenvalue weighted by molar-refractivity contribution is 0.601. The van der Waals surface area contributed by atoms with E-state index >= 15 is 0 Å². The number of sulfone groups is 1. The van der Waals surface area contributed by atoms with E-state index in [0.717, 1.165) is 41.2 Å². The summed E-state index contributed by atoms with van der Waals surface area (Å²) in [6.45, 7) is 5.24. The minimum atomic E-state index is -3.19. The first-order valence-corrected chi connectivity index (χ1v) is 11.3. The molecule has 0 aliphatic carbocycles. The second kappa shape index (κ2) is 9.14. The fraction of sp³-hybridized carbons (Fsp3) is 0.444. The number of hydrogen-bond donors (Lipinski definition) is 2. The predicted octanol–water partition coefficient (Wildman–Crippen LogP) is 2.33. The van der Waals surface area contributed by atoms with E-state index < -0.39 is 9.84 Å². The van der Waals surface area contributed by atoms with Crippen LogP contribution in [0.2, 0.25) is 0 Å². The van der Waals surface area contributed by atoms with Gasteiger partial charge in [-0.05, 0) is 30.5 Å². The van der Waals surface area contributed by atoms with Crippen molar-refractivity contribution in [1.29, 1.82) is 0 Å². The molecule has 1 heterocycles. The maximum atomic E-state index is 11.7. The quantitative estimate of drug-likeness (QED) is 0.556. The van der Waals surface area contributed by atoms with Crippen LogP contribution >= 0.6 is 11.3 Å². The molecule has 8 heteroatoms. The van der Waals surface area contributed by atoms with Crippen molar-refractivity contribution < 1.29 is 8.42 Å². The van der Waals surface area contributed by atoms with Crippen molar-refractivity contribution >= 4 is 27.1 Å². The summed E-state index contributed by atoms with van der Waals surface area (Å²) in [5.74, 6) is 0.709. The summed E-state index contributed by atoms with van der Waals surface area (Å²) in [6, 6.07) is 5.37. The fourth-order valence-corrected chi connectivity index (χ4v) is 4.32. The molecule has 0 fully saturated rings. The molecule has 0 spiro atoms. The Bertz CT molecular complexity index is 873. The Morgan fingerprint density at radius 1 is 1.31 bits per heavy atom. The van der Waals surface area contributed by atoms with Crippen molar-refractivity contribution in [1.82, 2.24) is 15.6 Å². The average molecular weight is 395 g/mol. The number of hydrogen-bond acceptors (Lipinski definition) is 5. The van der Waals surface area contributed by atoms with Crippen LogP contribution < -0.4 is 10.6 Å². The van der Waals surface area contributed by atoms with Gasteiger partial charge in [-0.1, -0.05) is 19.1 Å². The second-order valence-electron chi connectivity index (χ2n) is 6.06. The van der Waals surface area contributed by atoms with Crippen LogP contribution in [0.1, 0.15) is 28.8 Å². The van der Waals surface area contributed by atoms with Crippen LogP contribution in [0.3, 0.4) is 0 Å². The molecule has 0 unspecified atom stereocenters. The zero-order valence-electron chi connectivity index (χ0n) is 15.7. The average Bonchev–Trinajstić information content (AvgIpc) is 3.04. The van der Waals surface area contributed by atoms with Crippen LogP contribution in [0.25, 0.3) is 0 Å². The van der Waals surface area contributed by atoms with E-state index in [-0.39, 0.29) is 0 Å². The summed E-state index contributed by atoms with van der Waals surface area (Å²) < 4.78 is 23.4. The number of nitrogens with one attached hydrogen (secondary N) is 2. The summed E-state index contributed by atoms with van der Waals surface area (Å²) in [6.07, 6.45) is 3.04. The molecule has 2 N–H and O–H groups in total. The normalized spacial score (nSPS) is 12.2. The molecular weight excluding hydrogens is 368 g/mol. The minimum Gasteiger partial charge on any atom is -0.356 e. The maximum absolute atomic E-state index is 11.7. The van der Waals surface area contributed by atoms with E-state index in [1.165, 1.54) is 6.26 Å². The number of nitrogens with zero attached hydrogens (tertiary/aromatic N) is 2. The molecule has 0 aliphatic heterocycles. The Labute approximate surface area is 159 Å². The van der Waals surface area contributed by atoms with Gasteiger partial charge in [0.1, 0.15) is 0 Å². The highest BCUT2D eigenvalue weighted by molar-refractivity contribution is 7.90. The number of guanidine groups is 1. The van der Waals surface area contributed by atoms with Crippen LogP contribution in [-0.4, -0.2) is 39.2 Å². The topological polar surface area (TPSA) is 83.4 Å². The van der Waals surface area contributed by atoms with E-state index in [1.54, 1.807) is 24.5 Å². The van der Waals surface area contributed by atoms with Crippen LogP contribution in [0.15, 0.2) is 33.5 Å². The number of aliphatic imine (C=N–C) groups is 1. The van der Waals surface area contributed by atoms with Crippen molar-refractivity contribution in [2.75, 3.05) is 19.8 Å². The lowest BCUT2D eigenvalue weighted by Crippen LogP contribution is -2.37. The van der Waals surface area contributed by atoms with Gasteiger partial charge in [-0.15, -0.1) is 11.3 Å². The third-order valence-electron chi connectivity index (χ3n) is 3.90. The van der Waals surface area contributed by atoms with E-state index in [9.17, 15) is 8.42 Å². The molecule has 2 rings (SSSR count). The lowest BCUT2D eigenvalue weighted by Gasteiger charge is -2.12. The van der Waals surface area contributed by atoms with E-state index in [0.29, 0.717) is 17.4 Å². The van der Waals surface area contributed by atoms with Gasteiger partial charge in [0.2, 0.25) is 0 Å². The van der Waals surface area contributed by atoms with Crippen molar-refractivity contribution in [3.05, 3.63) is 45.4 Å². The van der Waals surface area contributed by atoms with E-state index in [1.807, 2.05) is 19.1 Å². The first-order chi connectivity index (χ1) is 12.3. The molecule has 26 heavy (non-hydrogen) atoms. The number of aryl methyl sites for hydroxylation is 2. The molecule has 0 saturated carbocycles. The summed E-state index contributed by atoms with van der Waals surface area (Å²) in [5, 5.41) is 9.78. The first kappa shape index (κ1) is 20.4. The van der Waals surface area contributed by atoms with Crippen LogP contribution in [0.5, 0.6) is 0 Å². The van der Waals surface area contributed by atoms with Gasteiger partial charge in [0.25, 0.3) is 0 Å². The Kier molecular flexibility index (Phi) is 7.16. The molecule has 1 aromatic heterocycles. The fourth-order valence-electron chi connectivity index (χ4n) is 2.58. The molecule has 0 atom stereocenters. The predicted molar refractivity (Wildman–Crippen MR) is 108 cm³/mol. The Hall–Kier alpha value is -1.93. The Balaban J connectivity index is 1.85. The summed E-state index contributed by atoms with van der Waals surface area (Å²) in [7, 11) is -1.46. The zero-order valence-corrected chi connectivity index (χ0v) is 17.3. The van der Waals surface area contributed by atoms with Crippen molar-refractivity contribution in [3.8, 4) is 0 Å². The molecule has 1 aromatic carbocycles. The molecule has 2 aromatic rings. The zero-order chi connectivity index (χ0) is 19.2. The first-order valence-electron chi connectivity index (χ1n) is 8.51. The molecule has 0 saturated heterocycles. The van der Waals surface area contributed by atoms with Gasteiger partial charge in [0.05, 0.1) is 15.6 Å². The third kappa shape index (κ3) is 5.81. The van der Waals surface area contributed by atoms with Gasteiger partial charge in [0, 0.05) is 38.2 Å². The lowest BCUT2D eigenvalue weighted by atomic mass is 10.1. The maximum Gasteiger partial charge on any atom is 0.191 e. The molecular formula is C18H26N4O2S2. The summed E-state index contributed by atoms with van der Waals surface area (Å²) >= 11 is 1.70. The second-order valence-corrected chi connectivity index (χ2v) is 8.99. The van der Waals surface area contributed by atoms with E-state index in [2.05, 4.69) is 32.9 Å². The van der Waals surface area contributed by atoms with Gasteiger partial charge in [-0.25, -0.2) is 13.4 Å². The Morgan fingerprint density at radius 3 is 2.65 bits per heavy atom. The monoisotopic (exact) mass is 394 g/mol. The summed E-state index contributed by atoms with van der Waals surface area (Å²) in [5.41, 5.74) is 2.86. The number of rotatable bonds is 7. The van der Waals surface area contributed by atoms with Crippen LogP contribution in [0.4, 0.5) is 0 Å². The van der Waals surface area contributed by atoms with Crippen LogP contribution in [0, 0.1) is 6.92 Å². The minimum absolute atomic E-state index is 0.374. The van der Waals surface area contributed by atoms with Crippen molar-refractivity contribution in [2.24, 2.45) is 4.99 Å².